The van der Waals surface area contributed by atoms with Crippen LogP contribution in [-0.2, 0) is 16.6 Å². The van der Waals surface area contributed by atoms with Gasteiger partial charge in [0.05, 0.1) is 33.7 Å². The average Bonchev–Trinajstić information content (AvgIpc) is 3.09. The summed E-state index contributed by atoms with van der Waals surface area (Å²) >= 11 is 0. The fourth-order valence-electron chi connectivity index (χ4n) is 4.89. The van der Waals surface area contributed by atoms with Crippen LogP contribution in [0.25, 0.3) is 22.3 Å². The van der Waals surface area contributed by atoms with E-state index in [-0.39, 0.29) is 36.7 Å². The van der Waals surface area contributed by atoms with Crippen LogP contribution in [0.2, 0.25) is 0 Å². The van der Waals surface area contributed by atoms with Gasteiger partial charge in [-0.05, 0) is 32.0 Å². The first kappa shape index (κ1) is 24.2. The number of anilines is 2. The third-order valence-corrected chi connectivity index (χ3v) is 6.62. The van der Waals surface area contributed by atoms with E-state index >= 15 is 0 Å². The molecule has 9 nitrogen and oxygen atoms in total. The second-order valence-corrected chi connectivity index (χ2v) is 9.37. The van der Waals surface area contributed by atoms with E-state index in [1.165, 1.54) is 4.90 Å². The fraction of sp³-hybridized carbons (Fsp3) is 0.250. The van der Waals surface area contributed by atoms with Crippen LogP contribution in [0.5, 0.6) is 0 Å². The molecule has 1 aliphatic heterocycles. The Labute approximate surface area is 214 Å². The Morgan fingerprint density at radius 3 is 2.57 bits per heavy atom. The summed E-state index contributed by atoms with van der Waals surface area (Å²) < 4.78 is 1.67. The molecule has 0 fully saturated rings. The number of carbonyl (C=O) groups excluding carboxylic acids is 3. The number of nitrogens with one attached hydrogen (secondary N) is 1. The molecule has 0 radical (unpaired) electrons. The number of amides is 3. The molecule has 0 bridgehead atoms. The Bertz CT molecular complexity index is 1530. The lowest BCUT2D eigenvalue weighted by atomic mass is 10.0. The Balaban J connectivity index is 1.49. The zero-order valence-corrected chi connectivity index (χ0v) is 21.2. The Morgan fingerprint density at radius 1 is 1.11 bits per heavy atom. The molecule has 5 rings (SSSR count). The van der Waals surface area contributed by atoms with Gasteiger partial charge in [0.15, 0.2) is 5.65 Å². The summed E-state index contributed by atoms with van der Waals surface area (Å²) in [5.41, 5.74) is 4.45. The van der Waals surface area contributed by atoms with Gasteiger partial charge >= 0.3 is 0 Å². The molecule has 1 N–H and O–H groups in total. The molecular weight excluding hydrogens is 468 g/mol. The van der Waals surface area contributed by atoms with E-state index in [0.717, 1.165) is 5.56 Å². The first-order valence-corrected chi connectivity index (χ1v) is 12.1. The van der Waals surface area contributed by atoms with Gasteiger partial charge in [0, 0.05) is 32.1 Å². The van der Waals surface area contributed by atoms with Gasteiger partial charge in [-0.25, -0.2) is 4.98 Å². The van der Waals surface area contributed by atoms with Gasteiger partial charge in [0.1, 0.15) is 6.54 Å². The van der Waals surface area contributed by atoms with Crippen molar-refractivity contribution < 1.29 is 14.4 Å². The minimum absolute atomic E-state index is 0.153. The van der Waals surface area contributed by atoms with Crippen LogP contribution in [0.1, 0.15) is 29.4 Å². The van der Waals surface area contributed by atoms with Crippen molar-refractivity contribution in [3.05, 3.63) is 71.9 Å². The highest BCUT2D eigenvalue weighted by Crippen LogP contribution is 2.32. The molecule has 0 unspecified atom stereocenters. The molecular formula is C28H28N6O3. The largest absolute Gasteiger partial charge is 0.332 e. The van der Waals surface area contributed by atoms with E-state index in [9.17, 15) is 14.4 Å². The Morgan fingerprint density at radius 2 is 1.81 bits per heavy atom. The number of hydrogen-bond acceptors (Lipinski definition) is 5. The van der Waals surface area contributed by atoms with Gasteiger partial charge in [-0.1, -0.05) is 42.5 Å². The van der Waals surface area contributed by atoms with E-state index in [0.29, 0.717) is 39.4 Å². The number of para-hydroxylation sites is 2. The molecule has 2 aromatic heterocycles. The highest BCUT2D eigenvalue weighted by Gasteiger charge is 2.31. The van der Waals surface area contributed by atoms with E-state index < -0.39 is 0 Å². The van der Waals surface area contributed by atoms with Crippen molar-refractivity contribution in [1.29, 1.82) is 0 Å². The molecule has 37 heavy (non-hydrogen) atoms. The second-order valence-electron chi connectivity index (χ2n) is 9.37. The number of pyridine rings is 1. The minimum atomic E-state index is -0.363. The van der Waals surface area contributed by atoms with E-state index in [4.69, 9.17) is 4.98 Å². The first-order chi connectivity index (χ1) is 17.7. The van der Waals surface area contributed by atoms with E-state index in [1.54, 1.807) is 41.9 Å². The van der Waals surface area contributed by atoms with Crippen LogP contribution >= 0.6 is 0 Å². The summed E-state index contributed by atoms with van der Waals surface area (Å²) in [6, 6.07) is 18.2. The van der Waals surface area contributed by atoms with Gasteiger partial charge < -0.3 is 15.1 Å². The molecule has 0 saturated carbocycles. The van der Waals surface area contributed by atoms with Crippen LogP contribution in [0.4, 0.5) is 11.4 Å². The number of nitrogens with zero attached hydrogens (tertiary/aromatic N) is 5. The molecule has 1 aliphatic rings. The van der Waals surface area contributed by atoms with Crippen LogP contribution in [0, 0.1) is 6.92 Å². The van der Waals surface area contributed by atoms with Crippen molar-refractivity contribution in [3.63, 3.8) is 0 Å². The highest BCUT2D eigenvalue weighted by molar-refractivity contribution is 6.10. The number of rotatable bonds is 4. The lowest BCUT2D eigenvalue weighted by Gasteiger charge is -2.30. The van der Waals surface area contributed by atoms with E-state index in [2.05, 4.69) is 10.4 Å². The fourth-order valence-corrected chi connectivity index (χ4v) is 4.89. The zero-order chi connectivity index (χ0) is 26.3. The molecule has 9 heteroatoms. The SMILES string of the molecule is Cc1nn(C)c2nc(-c3ccccc3)cc(C(=O)N(C)CC(=O)N3c4ccccc4NC(=O)C[C@H]3C)c12. The molecule has 188 valence electrons. The van der Waals surface area contributed by atoms with Crippen molar-refractivity contribution in [3.8, 4) is 11.3 Å². The monoisotopic (exact) mass is 496 g/mol. The number of likely N-dealkylation sites (N-methyl/N-ethyl adjacent to an activating group) is 1. The number of carbonyl (C=O) groups is 3. The summed E-state index contributed by atoms with van der Waals surface area (Å²) in [6.07, 6.45) is 0.165. The average molecular weight is 497 g/mol. The molecule has 0 saturated heterocycles. The molecule has 0 spiro atoms. The smallest absolute Gasteiger partial charge is 0.254 e. The molecule has 3 amide bonds. The zero-order valence-electron chi connectivity index (χ0n) is 21.2. The van der Waals surface area contributed by atoms with Crippen molar-refractivity contribution in [2.24, 2.45) is 7.05 Å². The van der Waals surface area contributed by atoms with Crippen LogP contribution in [0.15, 0.2) is 60.7 Å². The highest BCUT2D eigenvalue weighted by atomic mass is 16.2. The predicted molar refractivity (Wildman–Crippen MR) is 142 cm³/mol. The van der Waals surface area contributed by atoms with Gasteiger partial charge in [0.25, 0.3) is 5.91 Å². The molecule has 4 aromatic rings. The van der Waals surface area contributed by atoms with Gasteiger partial charge in [0.2, 0.25) is 11.8 Å². The summed E-state index contributed by atoms with van der Waals surface area (Å²) in [6.45, 7) is 3.52. The Hall–Kier alpha value is -4.53. The number of aryl methyl sites for hydroxylation is 2. The lowest BCUT2D eigenvalue weighted by Crippen LogP contribution is -2.45. The van der Waals surface area contributed by atoms with Gasteiger partial charge in [-0.2, -0.15) is 5.10 Å². The molecule has 3 heterocycles. The summed E-state index contributed by atoms with van der Waals surface area (Å²) in [7, 11) is 3.41. The van der Waals surface area contributed by atoms with E-state index in [1.807, 2.05) is 56.3 Å². The number of hydrogen-bond donors (Lipinski definition) is 1. The third kappa shape index (κ3) is 4.44. The first-order valence-electron chi connectivity index (χ1n) is 12.1. The standard InChI is InChI=1S/C28H28N6O3/c1-17-14-24(35)29-21-12-8-9-13-23(21)34(17)25(36)16-32(3)28(37)20-15-22(19-10-6-5-7-11-19)30-27-26(20)18(2)31-33(27)4/h5-13,15,17H,14,16H2,1-4H3,(H,29,35)/t17-/m1/s1. The summed E-state index contributed by atoms with van der Waals surface area (Å²) in [4.78, 5) is 47.5. The van der Waals surface area contributed by atoms with Crippen molar-refractivity contribution in [1.82, 2.24) is 19.7 Å². The number of fused-ring (bicyclic) bond motifs is 2. The maximum atomic E-state index is 13.8. The second kappa shape index (κ2) is 9.50. The number of benzene rings is 2. The van der Waals surface area contributed by atoms with Gasteiger partial charge in [-0.15, -0.1) is 0 Å². The Kier molecular flexibility index (Phi) is 6.20. The third-order valence-electron chi connectivity index (χ3n) is 6.62. The lowest BCUT2D eigenvalue weighted by molar-refractivity contribution is -0.119. The predicted octanol–water partition coefficient (Wildman–Crippen LogP) is 3.78. The van der Waals surface area contributed by atoms with Crippen molar-refractivity contribution in [2.75, 3.05) is 23.8 Å². The van der Waals surface area contributed by atoms with Crippen LogP contribution in [0.3, 0.4) is 0 Å². The molecule has 1 atom stereocenters. The maximum Gasteiger partial charge on any atom is 0.254 e. The normalized spacial score (nSPS) is 15.2. The van der Waals surface area contributed by atoms with Gasteiger partial charge in [-0.3, -0.25) is 19.1 Å². The quantitative estimate of drug-likeness (QED) is 0.464. The summed E-state index contributed by atoms with van der Waals surface area (Å²) in [5, 5.41) is 8.01. The number of aromatic nitrogens is 3. The maximum absolute atomic E-state index is 13.8. The van der Waals surface area contributed by atoms with Crippen LogP contribution in [-0.4, -0.2) is 57.0 Å². The summed E-state index contributed by atoms with van der Waals surface area (Å²) in [5.74, 6) is -0.734. The molecule has 2 aromatic carbocycles. The van der Waals surface area contributed by atoms with Crippen molar-refractivity contribution in [2.45, 2.75) is 26.3 Å². The van der Waals surface area contributed by atoms with Crippen molar-refractivity contribution >= 4 is 40.1 Å². The minimum Gasteiger partial charge on any atom is -0.332 e. The molecule has 0 aliphatic carbocycles. The van der Waals surface area contributed by atoms with Crippen LogP contribution < -0.4 is 10.2 Å². The topological polar surface area (TPSA) is 100 Å².